The summed E-state index contributed by atoms with van der Waals surface area (Å²) in [7, 11) is 0. The molecule has 1 aliphatic heterocycles. The Bertz CT molecular complexity index is 906. The van der Waals surface area contributed by atoms with Gasteiger partial charge in [0.25, 0.3) is 5.91 Å². The molecule has 4 rings (SSSR count). The molecule has 2 aromatic rings. The molecule has 150 valence electrons. The molecule has 1 aliphatic carbocycles. The molecule has 1 aromatic carbocycles. The van der Waals surface area contributed by atoms with Crippen molar-refractivity contribution in [3.8, 4) is 0 Å². The lowest BCUT2D eigenvalue weighted by Gasteiger charge is -2.35. The van der Waals surface area contributed by atoms with Gasteiger partial charge in [-0.2, -0.15) is 0 Å². The van der Waals surface area contributed by atoms with Gasteiger partial charge in [-0.1, -0.05) is 43.5 Å². The number of rotatable bonds is 6. The molecule has 2 unspecified atom stereocenters. The zero-order valence-corrected chi connectivity index (χ0v) is 18.0. The minimum atomic E-state index is -0.253. The van der Waals surface area contributed by atoms with Crippen LogP contribution in [0.3, 0.4) is 0 Å². The average Bonchev–Trinajstić information content (AvgIpc) is 3.41. The van der Waals surface area contributed by atoms with Crippen LogP contribution in [0.15, 0.2) is 18.2 Å². The molecule has 0 spiro atoms. The van der Waals surface area contributed by atoms with Gasteiger partial charge in [0.05, 0.1) is 10.7 Å². The van der Waals surface area contributed by atoms with Crippen molar-refractivity contribution in [1.29, 1.82) is 0 Å². The van der Waals surface area contributed by atoms with Crippen LogP contribution in [0.25, 0.3) is 0 Å². The van der Waals surface area contributed by atoms with E-state index in [9.17, 15) is 4.79 Å². The number of carbonyl (C=O) groups is 1. The van der Waals surface area contributed by atoms with Crippen LogP contribution < -0.4 is 10.2 Å². The van der Waals surface area contributed by atoms with Gasteiger partial charge in [-0.25, -0.2) is 4.98 Å². The summed E-state index contributed by atoms with van der Waals surface area (Å²) in [6, 6.07) is 5.76. The van der Waals surface area contributed by atoms with Crippen LogP contribution in [0.2, 0.25) is 10.0 Å². The fraction of sp³-hybridized carbons (Fsp3) is 0.524. The number of imidazole rings is 1. The number of hydrogen-bond acceptors (Lipinski definition) is 3. The van der Waals surface area contributed by atoms with Crippen LogP contribution in [0.4, 0.5) is 11.5 Å². The van der Waals surface area contributed by atoms with Crippen molar-refractivity contribution in [3.63, 3.8) is 0 Å². The molecule has 2 aliphatic rings. The lowest BCUT2D eigenvalue weighted by atomic mass is 10.1. The third kappa shape index (κ3) is 3.29. The molecular formula is C21H26Cl2N4O. The lowest BCUT2D eigenvalue weighted by Crippen LogP contribution is -2.49. The van der Waals surface area contributed by atoms with E-state index in [-0.39, 0.29) is 12.1 Å². The van der Waals surface area contributed by atoms with Crippen molar-refractivity contribution in [2.24, 2.45) is 5.92 Å². The molecule has 1 fully saturated rings. The monoisotopic (exact) mass is 420 g/mol. The third-order valence-corrected chi connectivity index (χ3v) is 6.24. The summed E-state index contributed by atoms with van der Waals surface area (Å²) in [4.78, 5) is 20.0. The first kappa shape index (κ1) is 19.6. The van der Waals surface area contributed by atoms with E-state index in [1.54, 1.807) is 6.07 Å². The number of fused-ring (bicyclic) bond motifs is 1. The second-order valence-corrected chi connectivity index (χ2v) is 8.58. The van der Waals surface area contributed by atoms with Gasteiger partial charge in [0.15, 0.2) is 11.5 Å². The van der Waals surface area contributed by atoms with Crippen molar-refractivity contribution in [3.05, 3.63) is 39.8 Å². The smallest absolute Gasteiger partial charge is 0.273 e. The quantitative estimate of drug-likeness (QED) is 0.648. The summed E-state index contributed by atoms with van der Waals surface area (Å²) in [6.45, 7) is 6.24. The van der Waals surface area contributed by atoms with Gasteiger partial charge in [0.2, 0.25) is 0 Å². The fourth-order valence-electron chi connectivity index (χ4n) is 4.31. The maximum atomic E-state index is 13.1. The van der Waals surface area contributed by atoms with E-state index >= 15 is 0 Å². The summed E-state index contributed by atoms with van der Waals surface area (Å²) in [5, 5.41) is 4.22. The number of amides is 1. The van der Waals surface area contributed by atoms with E-state index < -0.39 is 0 Å². The SMILES string of the molecule is CCCC(C1CC1)n1c(CC)nc2c1C(=O)NC(C)N2c1ccc(Cl)cc1Cl. The molecular weight excluding hydrogens is 395 g/mol. The van der Waals surface area contributed by atoms with Crippen LogP contribution in [0.5, 0.6) is 0 Å². The topological polar surface area (TPSA) is 50.2 Å². The summed E-state index contributed by atoms with van der Waals surface area (Å²) >= 11 is 12.6. The number of nitrogens with one attached hydrogen (secondary N) is 1. The minimum Gasteiger partial charge on any atom is -0.330 e. The standard InChI is InChI=1S/C21H26Cl2N4O/c1-4-6-16(13-7-8-13)27-18(5-2)25-20-19(27)21(28)24-12(3)26(20)17-10-9-14(22)11-15(17)23/h9-13,16H,4-8H2,1-3H3,(H,24,28). The van der Waals surface area contributed by atoms with Crippen LogP contribution in [-0.2, 0) is 6.42 Å². The molecule has 2 heterocycles. The number of aryl methyl sites for hydroxylation is 1. The highest BCUT2D eigenvalue weighted by molar-refractivity contribution is 6.36. The van der Waals surface area contributed by atoms with Gasteiger partial charge in [-0.15, -0.1) is 0 Å². The number of aromatic nitrogens is 2. The molecule has 0 radical (unpaired) electrons. The summed E-state index contributed by atoms with van der Waals surface area (Å²) in [6.07, 6.45) is 5.13. The average molecular weight is 421 g/mol. The zero-order valence-electron chi connectivity index (χ0n) is 16.5. The predicted molar refractivity (Wildman–Crippen MR) is 114 cm³/mol. The summed E-state index contributed by atoms with van der Waals surface area (Å²) in [5.74, 6) is 2.25. The van der Waals surface area contributed by atoms with Gasteiger partial charge >= 0.3 is 0 Å². The normalized spacial score (nSPS) is 20.1. The van der Waals surface area contributed by atoms with E-state index in [0.29, 0.717) is 33.5 Å². The Balaban J connectivity index is 1.89. The largest absolute Gasteiger partial charge is 0.330 e. The third-order valence-electron chi connectivity index (χ3n) is 5.70. The van der Waals surface area contributed by atoms with E-state index in [0.717, 1.165) is 30.8 Å². The Hall–Kier alpha value is -1.72. The maximum Gasteiger partial charge on any atom is 0.273 e. The maximum absolute atomic E-state index is 13.1. The molecule has 2 atom stereocenters. The molecule has 1 N–H and O–H groups in total. The molecule has 1 amide bonds. The van der Waals surface area contributed by atoms with Gasteiger partial charge < -0.3 is 14.8 Å². The van der Waals surface area contributed by atoms with Gasteiger partial charge in [0.1, 0.15) is 12.0 Å². The van der Waals surface area contributed by atoms with Crippen LogP contribution in [-0.4, -0.2) is 21.6 Å². The lowest BCUT2D eigenvalue weighted by molar-refractivity contribution is 0.0920. The Morgan fingerprint density at radius 2 is 2.04 bits per heavy atom. The number of halogens is 2. The Morgan fingerprint density at radius 1 is 1.29 bits per heavy atom. The zero-order chi connectivity index (χ0) is 20.0. The highest BCUT2D eigenvalue weighted by Gasteiger charge is 2.41. The molecule has 5 nitrogen and oxygen atoms in total. The van der Waals surface area contributed by atoms with Gasteiger partial charge in [-0.3, -0.25) is 4.79 Å². The first-order valence-electron chi connectivity index (χ1n) is 10.1. The Labute approximate surface area is 176 Å². The van der Waals surface area contributed by atoms with Crippen LogP contribution >= 0.6 is 23.2 Å². The van der Waals surface area contributed by atoms with Crippen molar-refractivity contribution in [2.75, 3.05) is 4.90 Å². The Morgan fingerprint density at radius 3 is 2.64 bits per heavy atom. The number of hydrogen-bond donors (Lipinski definition) is 1. The first-order chi connectivity index (χ1) is 13.5. The second-order valence-electron chi connectivity index (χ2n) is 7.73. The minimum absolute atomic E-state index is 0.0576. The van der Waals surface area contributed by atoms with Crippen LogP contribution in [0.1, 0.15) is 68.8 Å². The number of carbonyl (C=O) groups excluding carboxylic acids is 1. The highest BCUT2D eigenvalue weighted by Crippen LogP contribution is 2.46. The van der Waals surface area contributed by atoms with Crippen molar-refractivity contribution < 1.29 is 4.79 Å². The molecule has 0 bridgehead atoms. The van der Waals surface area contributed by atoms with Crippen LogP contribution in [0, 0.1) is 5.92 Å². The number of nitrogens with zero attached hydrogens (tertiary/aromatic N) is 3. The van der Waals surface area contributed by atoms with E-state index in [1.807, 2.05) is 24.0 Å². The van der Waals surface area contributed by atoms with Crippen molar-refractivity contribution in [1.82, 2.24) is 14.9 Å². The molecule has 1 aromatic heterocycles. The predicted octanol–water partition coefficient (Wildman–Crippen LogP) is 5.73. The molecule has 0 saturated heterocycles. The van der Waals surface area contributed by atoms with Crippen molar-refractivity contribution in [2.45, 2.75) is 65.1 Å². The van der Waals surface area contributed by atoms with E-state index in [2.05, 4.69) is 23.7 Å². The van der Waals surface area contributed by atoms with E-state index in [4.69, 9.17) is 28.2 Å². The fourth-order valence-corrected chi connectivity index (χ4v) is 4.81. The Kier molecular flexibility index (Phi) is 5.32. The summed E-state index contributed by atoms with van der Waals surface area (Å²) < 4.78 is 2.22. The number of anilines is 2. The van der Waals surface area contributed by atoms with Gasteiger partial charge in [0, 0.05) is 17.5 Å². The van der Waals surface area contributed by atoms with Gasteiger partial charge in [-0.05, 0) is 50.3 Å². The summed E-state index contributed by atoms with van der Waals surface area (Å²) in [5.41, 5.74) is 1.46. The van der Waals surface area contributed by atoms with E-state index in [1.165, 1.54) is 12.8 Å². The molecule has 28 heavy (non-hydrogen) atoms. The molecule has 7 heteroatoms. The number of benzene rings is 1. The second kappa shape index (κ2) is 7.60. The highest BCUT2D eigenvalue weighted by atomic mass is 35.5. The molecule has 1 saturated carbocycles. The first-order valence-corrected chi connectivity index (χ1v) is 10.9. The van der Waals surface area contributed by atoms with Crippen molar-refractivity contribution >= 4 is 40.6 Å².